The van der Waals surface area contributed by atoms with Crippen LogP contribution in [0.2, 0.25) is 0 Å². The molecule has 2 rings (SSSR count). The van der Waals surface area contributed by atoms with E-state index in [2.05, 4.69) is 15.5 Å². The molecule has 104 valence electrons. The maximum absolute atomic E-state index is 11.0. The van der Waals surface area contributed by atoms with E-state index in [0.717, 1.165) is 32.8 Å². The van der Waals surface area contributed by atoms with Crippen LogP contribution in [0.15, 0.2) is 4.52 Å². The maximum atomic E-state index is 11.0. The molecule has 0 radical (unpaired) electrons. The van der Waals surface area contributed by atoms with E-state index in [1.807, 2.05) is 0 Å². The number of rotatable bonds is 5. The first-order valence-electron chi connectivity index (χ1n) is 6.13. The Morgan fingerprint density at radius 2 is 2.26 bits per heavy atom. The SMILES string of the molecule is CC(=O)Nc1on[n+](CCN2CCOCC2)c1C=O. The monoisotopic (exact) mass is 269 g/mol. The van der Waals surface area contributed by atoms with Gasteiger partial charge in [0.2, 0.25) is 17.5 Å². The summed E-state index contributed by atoms with van der Waals surface area (Å²) in [4.78, 5) is 24.2. The van der Waals surface area contributed by atoms with Gasteiger partial charge < -0.3 is 4.74 Å². The van der Waals surface area contributed by atoms with Crippen LogP contribution in [0.5, 0.6) is 0 Å². The first-order chi connectivity index (χ1) is 9.20. The number of ether oxygens (including phenoxy) is 1. The lowest BCUT2D eigenvalue weighted by Gasteiger charge is -2.24. The van der Waals surface area contributed by atoms with E-state index < -0.39 is 0 Å². The molecule has 0 spiro atoms. The van der Waals surface area contributed by atoms with Gasteiger partial charge in [-0.15, -0.1) is 0 Å². The third-order valence-electron chi connectivity index (χ3n) is 2.87. The fourth-order valence-electron chi connectivity index (χ4n) is 1.88. The molecule has 8 heteroatoms. The molecular weight excluding hydrogens is 252 g/mol. The molecular formula is C11H17N4O4+. The number of anilines is 1. The van der Waals surface area contributed by atoms with E-state index in [1.165, 1.54) is 11.6 Å². The highest BCUT2D eigenvalue weighted by Crippen LogP contribution is 2.07. The second-order valence-electron chi connectivity index (χ2n) is 4.26. The summed E-state index contributed by atoms with van der Waals surface area (Å²) in [6.45, 7) is 5.80. The lowest BCUT2D eigenvalue weighted by molar-refractivity contribution is -0.762. The zero-order valence-electron chi connectivity index (χ0n) is 10.8. The highest BCUT2D eigenvalue weighted by atomic mass is 16.5. The zero-order chi connectivity index (χ0) is 13.7. The van der Waals surface area contributed by atoms with Crippen LogP contribution in [0, 0.1) is 0 Å². The molecule has 0 aliphatic carbocycles. The first-order valence-corrected chi connectivity index (χ1v) is 6.13. The van der Waals surface area contributed by atoms with Crippen LogP contribution >= 0.6 is 0 Å². The van der Waals surface area contributed by atoms with Gasteiger partial charge in [-0.25, -0.2) is 0 Å². The summed E-state index contributed by atoms with van der Waals surface area (Å²) in [7, 11) is 0. The number of amides is 1. The molecule has 1 aromatic heterocycles. The molecule has 1 N–H and O–H groups in total. The van der Waals surface area contributed by atoms with Crippen LogP contribution in [0.4, 0.5) is 5.88 Å². The minimum absolute atomic E-state index is 0.0875. The Morgan fingerprint density at radius 3 is 2.89 bits per heavy atom. The van der Waals surface area contributed by atoms with Crippen molar-refractivity contribution in [2.45, 2.75) is 13.5 Å². The number of aromatic nitrogens is 2. The smallest absolute Gasteiger partial charge is 0.337 e. The van der Waals surface area contributed by atoms with Crippen molar-refractivity contribution in [3.8, 4) is 0 Å². The molecule has 1 saturated heterocycles. The van der Waals surface area contributed by atoms with Crippen molar-refractivity contribution in [3.05, 3.63) is 5.69 Å². The minimum atomic E-state index is -0.306. The largest absolute Gasteiger partial charge is 0.379 e. The third kappa shape index (κ3) is 3.58. The maximum Gasteiger partial charge on any atom is 0.337 e. The van der Waals surface area contributed by atoms with E-state index in [4.69, 9.17) is 9.26 Å². The topological polar surface area (TPSA) is 88.6 Å². The normalized spacial score (nSPS) is 16.3. The zero-order valence-corrected chi connectivity index (χ0v) is 10.8. The first kappa shape index (κ1) is 13.6. The molecule has 0 aromatic carbocycles. The van der Waals surface area contributed by atoms with Crippen molar-refractivity contribution in [2.24, 2.45) is 0 Å². The van der Waals surface area contributed by atoms with E-state index >= 15 is 0 Å². The van der Waals surface area contributed by atoms with Gasteiger partial charge in [0.05, 0.1) is 19.8 Å². The van der Waals surface area contributed by atoms with Crippen molar-refractivity contribution in [1.82, 2.24) is 10.2 Å². The summed E-state index contributed by atoms with van der Waals surface area (Å²) in [5, 5.41) is 6.19. The van der Waals surface area contributed by atoms with Gasteiger partial charge in [-0.1, -0.05) is 0 Å². The Labute approximate surface area is 110 Å². The van der Waals surface area contributed by atoms with Crippen molar-refractivity contribution < 1.29 is 23.5 Å². The number of carbonyl (C=O) groups is 2. The third-order valence-corrected chi connectivity index (χ3v) is 2.87. The number of hydrogen-bond acceptors (Lipinski definition) is 6. The average Bonchev–Trinajstić information content (AvgIpc) is 2.78. The summed E-state index contributed by atoms with van der Waals surface area (Å²) in [6, 6.07) is 0. The van der Waals surface area contributed by atoms with Crippen LogP contribution in [0.1, 0.15) is 17.4 Å². The van der Waals surface area contributed by atoms with Gasteiger partial charge in [-0.05, 0) is 4.68 Å². The fourth-order valence-corrected chi connectivity index (χ4v) is 1.88. The van der Waals surface area contributed by atoms with E-state index in [0.29, 0.717) is 12.8 Å². The second-order valence-corrected chi connectivity index (χ2v) is 4.26. The van der Waals surface area contributed by atoms with E-state index in [-0.39, 0.29) is 17.5 Å². The molecule has 0 atom stereocenters. The Kier molecular flexibility index (Phi) is 4.58. The highest BCUT2D eigenvalue weighted by Gasteiger charge is 2.25. The quantitative estimate of drug-likeness (QED) is 0.548. The molecule has 1 fully saturated rings. The lowest BCUT2D eigenvalue weighted by Crippen LogP contribution is -2.47. The van der Waals surface area contributed by atoms with Gasteiger partial charge >= 0.3 is 11.6 Å². The van der Waals surface area contributed by atoms with Gasteiger partial charge in [0.25, 0.3) is 0 Å². The Balaban J connectivity index is 1.97. The van der Waals surface area contributed by atoms with Crippen LogP contribution < -0.4 is 10.00 Å². The number of hydrogen-bond donors (Lipinski definition) is 1. The summed E-state index contributed by atoms with van der Waals surface area (Å²) in [5.74, 6) is -0.218. The standard InChI is InChI=1S/C11H16N4O4/c1-9(17)12-11-10(8-16)15(13-19-11)3-2-14-4-6-18-7-5-14/h8H,2-7H2,1H3/p+1. The van der Waals surface area contributed by atoms with E-state index in [1.54, 1.807) is 0 Å². The summed E-state index contributed by atoms with van der Waals surface area (Å²) in [5.41, 5.74) is 0.239. The van der Waals surface area contributed by atoms with Crippen molar-refractivity contribution in [1.29, 1.82) is 0 Å². The van der Waals surface area contributed by atoms with Crippen molar-refractivity contribution in [2.75, 3.05) is 38.2 Å². The average molecular weight is 269 g/mol. The van der Waals surface area contributed by atoms with Gasteiger partial charge in [-0.2, -0.15) is 0 Å². The van der Waals surface area contributed by atoms with Crippen LogP contribution in [0.3, 0.4) is 0 Å². The molecule has 1 amide bonds. The molecule has 1 aliphatic rings. The van der Waals surface area contributed by atoms with Gasteiger partial charge in [0.15, 0.2) is 6.54 Å². The molecule has 2 heterocycles. The highest BCUT2D eigenvalue weighted by molar-refractivity contribution is 5.91. The fraction of sp³-hybridized carbons (Fsp3) is 0.636. The molecule has 0 unspecified atom stereocenters. The predicted octanol–water partition coefficient (Wildman–Crippen LogP) is -0.935. The summed E-state index contributed by atoms with van der Waals surface area (Å²) in [6.07, 6.45) is 0.626. The number of nitrogens with one attached hydrogen (secondary N) is 1. The van der Waals surface area contributed by atoms with Crippen LogP contribution in [-0.4, -0.2) is 55.2 Å². The van der Waals surface area contributed by atoms with Crippen LogP contribution in [0.25, 0.3) is 0 Å². The summed E-state index contributed by atoms with van der Waals surface area (Å²) < 4.78 is 11.7. The van der Waals surface area contributed by atoms with Gasteiger partial charge in [-0.3, -0.25) is 24.3 Å². The van der Waals surface area contributed by atoms with Crippen LogP contribution in [-0.2, 0) is 16.1 Å². The second kappa shape index (κ2) is 6.39. The number of nitrogens with zero attached hydrogens (tertiary/aromatic N) is 3. The Bertz CT molecular complexity index is 454. The number of morpholine rings is 1. The van der Waals surface area contributed by atoms with Crippen molar-refractivity contribution in [3.63, 3.8) is 0 Å². The number of aldehydes is 1. The molecule has 19 heavy (non-hydrogen) atoms. The Morgan fingerprint density at radius 1 is 1.53 bits per heavy atom. The molecule has 0 bridgehead atoms. The van der Waals surface area contributed by atoms with E-state index in [9.17, 15) is 9.59 Å². The lowest BCUT2D eigenvalue weighted by atomic mass is 10.4. The van der Waals surface area contributed by atoms with Crippen molar-refractivity contribution >= 4 is 18.1 Å². The summed E-state index contributed by atoms with van der Waals surface area (Å²) >= 11 is 0. The predicted molar refractivity (Wildman–Crippen MR) is 63.6 cm³/mol. The molecule has 1 aliphatic heterocycles. The van der Waals surface area contributed by atoms with Gasteiger partial charge in [0.1, 0.15) is 0 Å². The number of carbonyl (C=O) groups excluding carboxylic acids is 2. The molecule has 1 aromatic rings. The molecule has 0 saturated carbocycles. The Hall–Kier alpha value is -1.80. The van der Waals surface area contributed by atoms with Gasteiger partial charge in [0, 0.05) is 20.0 Å². The molecule has 8 nitrogen and oxygen atoms in total. The minimum Gasteiger partial charge on any atom is -0.379 e.